The average Bonchev–Trinajstić information content (AvgIpc) is 3.15. The third-order valence-electron chi connectivity index (χ3n) is 6.03. The molecule has 0 radical (unpaired) electrons. The number of hydrogen-bond acceptors (Lipinski definition) is 2. The molecule has 1 amide bonds. The number of carbonyl (C=O) groups is 1. The Balaban J connectivity index is 1.60. The molecule has 6 heteroatoms. The van der Waals surface area contributed by atoms with Crippen LogP contribution in [0.5, 0.6) is 0 Å². The van der Waals surface area contributed by atoms with Gasteiger partial charge in [0, 0.05) is 18.2 Å². The summed E-state index contributed by atoms with van der Waals surface area (Å²) < 4.78 is 38.4. The normalized spacial score (nSPS) is 25.3. The van der Waals surface area contributed by atoms with Gasteiger partial charge >= 0.3 is 6.18 Å². The third kappa shape index (κ3) is 3.65. The summed E-state index contributed by atoms with van der Waals surface area (Å²) in [6, 6.07) is 14.9. The molecule has 148 valence electrons. The minimum Gasteiger partial charge on any atom is -0.341 e. The number of halogens is 3. The fourth-order valence-electron chi connectivity index (χ4n) is 4.54. The largest absolute Gasteiger partial charge is 0.416 e. The van der Waals surface area contributed by atoms with Gasteiger partial charge in [-0.15, -0.1) is 0 Å². The van der Waals surface area contributed by atoms with Gasteiger partial charge in [-0.2, -0.15) is 13.2 Å². The molecule has 28 heavy (non-hydrogen) atoms. The molecule has 2 atom stereocenters. The van der Waals surface area contributed by atoms with Gasteiger partial charge in [0.15, 0.2) is 0 Å². The minimum absolute atomic E-state index is 0.242. The van der Waals surface area contributed by atoms with E-state index in [4.69, 9.17) is 0 Å². The van der Waals surface area contributed by atoms with Crippen LogP contribution in [0.25, 0.3) is 0 Å². The number of nitrogens with zero attached hydrogens (tertiary/aromatic N) is 1. The lowest BCUT2D eigenvalue weighted by molar-refractivity contribution is -0.137. The molecule has 2 aromatic rings. The second-order valence-electron chi connectivity index (χ2n) is 7.78. The number of nitrogens with one attached hydrogen (secondary N) is 1. The minimum atomic E-state index is -4.41. The predicted octanol–water partition coefficient (Wildman–Crippen LogP) is 4.59. The molecule has 2 aliphatic rings. The van der Waals surface area contributed by atoms with E-state index in [0.29, 0.717) is 6.04 Å². The lowest BCUT2D eigenvalue weighted by Gasteiger charge is -2.45. The summed E-state index contributed by atoms with van der Waals surface area (Å²) in [6.07, 6.45) is -0.221. The third-order valence-corrected chi connectivity index (χ3v) is 6.03. The lowest BCUT2D eigenvalue weighted by Crippen LogP contribution is -2.57. The van der Waals surface area contributed by atoms with Crippen LogP contribution in [0.4, 0.5) is 13.2 Å². The SMILES string of the molecule is O=C(NC1(c2ccccc2)CCC2CCCN2C1)c1ccc(C(F)(F)F)cc1. The zero-order valence-corrected chi connectivity index (χ0v) is 15.5. The topological polar surface area (TPSA) is 32.3 Å². The lowest BCUT2D eigenvalue weighted by atomic mass is 9.80. The highest BCUT2D eigenvalue weighted by molar-refractivity contribution is 5.94. The van der Waals surface area contributed by atoms with Gasteiger partial charge in [-0.3, -0.25) is 9.69 Å². The van der Waals surface area contributed by atoms with Crippen LogP contribution in [0.15, 0.2) is 54.6 Å². The summed E-state index contributed by atoms with van der Waals surface area (Å²) in [5.74, 6) is -0.338. The van der Waals surface area contributed by atoms with E-state index in [9.17, 15) is 18.0 Å². The van der Waals surface area contributed by atoms with E-state index in [1.807, 2.05) is 30.3 Å². The molecule has 2 aliphatic heterocycles. The number of hydrogen-bond donors (Lipinski definition) is 1. The Morgan fingerprint density at radius 2 is 1.75 bits per heavy atom. The van der Waals surface area contributed by atoms with Crippen LogP contribution < -0.4 is 5.32 Å². The van der Waals surface area contributed by atoms with Crippen LogP contribution in [0, 0.1) is 0 Å². The number of carbonyl (C=O) groups excluding carboxylic acids is 1. The first-order valence-electron chi connectivity index (χ1n) is 9.67. The zero-order chi connectivity index (χ0) is 19.8. The van der Waals surface area contributed by atoms with Gasteiger partial charge in [-0.25, -0.2) is 0 Å². The number of rotatable bonds is 3. The van der Waals surface area contributed by atoms with E-state index >= 15 is 0 Å². The Kier molecular flexibility index (Phi) is 4.91. The molecule has 3 nitrogen and oxygen atoms in total. The van der Waals surface area contributed by atoms with Crippen molar-refractivity contribution in [1.29, 1.82) is 0 Å². The van der Waals surface area contributed by atoms with Crippen LogP contribution >= 0.6 is 0 Å². The van der Waals surface area contributed by atoms with Gasteiger partial charge in [0.1, 0.15) is 0 Å². The van der Waals surface area contributed by atoms with Crippen molar-refractivity contribution in [3.8, 4) is 0 Å². The summed E-state index contributed by atoms with van der Waals surface area (Å²) >= 11 is 0. The van der Waals surface area contributed by atoms with E-state index < -0.39 is 17.3 Å². The summed E-state index contributed by atoms with van der Waals surface area (Å²) in [4.78, 5) is 15.4. The Labute approximate surface area is 162 Å². The molecule has 2 fully saturated rings. The van der Waals surface area contributed by atoms with Gasteiger partial charge in [0.25, 0.3) is 5.91 Å². The molecule has 0 bridgehead atoms. The number of amides is 1. The van der Waals surface area contributed by atoms with Crippen molar-refractivity contribution in [3.63, 3.8) is 0 Å². The van der Waals surface area contributed by atoms with Crippen molar-refractivity contribution in [2.45, 2.75) is 43.4 Å². The Morgan fingerprint density at radius 1 is 1.04 bits per heavy atom. The molecular formula is C22H23F3N2O. The van der Waals surface area contributed by atoms with Crippen LogP contribution in [0.3, 0.4) is 0 Å². The van der Waals surface area contributed by atoms with E-state index in [-0.39, 0.29) is 11.5 Å². The maximum Gasteiger partial charge on any atom is 0.416 e. The highest BCUT2D eigenvalue weighted by Crippen LogP contribution is 2.38. The predicted molar refractivity (Wildman–Crippen MR) is 101 cm³/mol. The van der Waals surface area contributed by atoms with E-state index in [2.05, 4.69) is 10.2 Å². The van der Waals surface area contributed by atoms with Crippen LogP contribution in [0.2, 0.25) is 0 Å². The first-order chi connectivity index (χ1) is 13.4. The first kappa shape index (κ1) is 19.0. The number of piperidine rings is 1. The molecule has 2 saturated heterocycles. The molecule has 2 aromatic carbocycles. The van der Waals surface area contributed by atoms with Crippen LogP contribution in [-0.4, -0.2) is 29.9 Å². The first-order valence-corrected chi connectivity index (χ1v) is 9.67. The van der Waals surface area contributed by atoms with Crippen molar-refractivity contribution in [2.75, 3.05) is 13.1 Å². The fourth-order valence-corrected chi connectivity index (χ4v) is 4.54. The fraction of sp³-hybridized carbons (Fsp3) is 0.409. The van der Waals surface area contributed by atoms with Gasteiger partial charge in [-0.1, -0.05) is 30.3 Å². The van der Waals surface area contributed by atoms with Crippen molar-refractivity contribution < 1.29 is 18.0 Å². The number of alkyl halides is 3. The van der Waals surface area contributed by atoms with Crippen LogP contribution in [-0.2, 0) is 11.7 Å². The van der Waals surface area contributed by atoms with Crippen molar-refractivity contribution in [2.24, 2.45) is 0 Å². The second-order valence-corrected chi connectivity index (χ2v) is 7.78. The maximum atomic E-state index is 12.9. The smallest absolute Gasteiger partial charge is 0.341 e. The van der Waals surface area contributed by atoms with Crippen molar-refractivity contribution >= 4 is 5.91 Å². The van der Waals surface area contributed by atoms with Gasteiger partial charge < -0.3 is 5.32 Å². The summed E-state index contributed by atoms with van der Waals surface area (Å²) in [5, 5.41) is 3.17. The van der Waals surface area contributed by atoms with E-state index in [0.717, 1.165) is 43.6 Å². The second kappa shape index (κ2) is 7.24. The maximum absolute atomic E-state index is 12.9. The van der Waals surface area contributed by atoms with Gasteiger partial charge in [-0.05, 0) is 62.1 Å². The molecule has 2 heterocycles. The van der Waals surface area contributed by atoms with E-state index in [1.165, 1.54) is 25.0 Å². The summed E-state index contributed by atoms with van der Waals surface area (Å²) in [6.45, 7) is 1.75. The Morgan fingerprint density at radius 3 is 2.43 bits per heavy atom. The summed E-state index contributed by atoms with van der Waals surface area (Å²) in [7, 11) is 0. The average molecular weight is 388 g/mol. The quantitative estimate of drug-likeness (QED) is 0.834. The number of benzene rings is 2. The standard InChI is InChI=1S/C22H23F3N2O/c23-22(24,25)18-10-8-16(9-11-18)20(28)26-21(17-5-2-1-3-6-17)13-12-19-7-4-14-27(19)15-21/h1-3,5-6,8-11,19H,4,7,12-15H2,(H,26,28). The molecule has 0 saturated carbocycles. The Bertz CT molecular complexity index is 835. The van der Waals surface area contributed by atoms with Gasteiger partial charge in [0.2, 0.25) is 0 Å². The van der Waals surface area contributed by atoms with E-state index in [1.54, 1.807) is 0 Å². The molecule has 4 rings (SSSR count). The molecule has 2 unspecified atom stereocenters. The summed E-state index contributed by atoms with van der Waals surface area (Å²) in [5.41, 5.74) is 0.00822. The van der Waals surface area contributed by atoms with Gasteiger partial charge in [0.05, 0.1) is 11.1 Å². The van der Waals surface area contributed by atoms with Crippen molar-refractivity contribution in [1.82, 2.24) is 10.2 Å². The number of fused-ring (bicyclic) bond motifs is 1. The monoisotopic (exact) mass is 388 g/mol. The highest BCUT2D eigenvalue weighted by Gasteiger charge is 2.43. The highest BCUT2D eigenvalue weighted by atomic mass is 19.4. The molecular weight excluding hydrogens is 365 g/mol. The molecule has 0 aliphatic carbocycles. The molecule has 1 N–H and O–H groups in total. The Hall–Kier alpha value is -2.34. The molecule has 0 aromatic heterocycles. The van der Waals surface area contributed by atoms with Crippen LogP contribution in [0.1, 0.15) is 47.2 Å². The van der Waals surface area contributed by atoms with Crippen molar-refractivity contribution in [3.05, 3.63) is 71.3 Å². The zero-order valence-electron chi connectivity index (χ0n) is 15.5. The molecule has 0 spiro atoms.